The van der Waals surface area contributed by atoms with Crippen LogP contribution in [0.1, 0.15) is 45.7 Å². The van der Waals surface area contributed by atoms with Crippen molar-refractivity contribution in [2.24, 2.45) is 5.92 Å². The first-order valence-corrected chi connectivity index (χ1v) is 9.08. The Morgan fingerprint density at radius 1 is 1.23 bits per heavy atom. The normalized spacial score (nSPS) is 21.8. The van der Waals surface area contributed by atoms with Crippen LogP contribution in [0.2, 0.25) is 0 Å². The average Bonchev–Trinajstić information content (AvgIpc) is 2.60. The van der Waals surface area contributed by atoms with Gasteiger partial charge in [0.2, 0.25) is 0 Å². The first kappa shape index (κ1) is 20.2. The van der Waals surface area contributed by atoms with Crippen molar-refractivity contribution in [3.63, 3.8) is 0 Å². The molecule has 0 spiro atoms. The molecule has 1 aliphatic heterocycles. The van der Waals surface area contributed by atoms with Gasteiger partial charge in [0, 0.05) is 25.2 Å². The van der Waals surface area contributed by atoms with Gasteiger partial charge >= 0.3 is 12.1 Å². The molecule has 1 amide bonds. The van der Waals surface area contributed by atoms with Gasteiger partial charge in [0.25, 0.3) is 0 Å². The van der Waals surface area contributed by atoms with Crippen LogP contribution < -0.4 is 5.32 Å². The molecule has 6 heteroatoms. The first-order valence-electron chi connectivity index (χ1n) is 9.08. The van der Waals surface area contributed by atoms with Crippen LogP contribution in [-0.4, -0.2) is 48.8 Å². The number of esters is 1. The molecule has 2 rings (SSSR count). The molecule has 1 saturated heterocycles. The quantitative estimate of drug-likeness (QED) is 0.834. The highest BCUT2D eigenvalue weighted by Crippen LogP contribution is 2.24. The number of nitrogens with one attached hydrogen (secondary N) is 1. The van der Waals surface area contributed by atoms with Crippen LogP contribution in [0.4, 0.5) is 4.79 Å². The van der Waals surface area contributed by atoms with Crippen molar-refractivity contribution in [1.29, 1.82) is 0 Å². The van der Waals surface area contributed by atoms with Crippen molar-refractivity contribution >= 4 is 12.1 Å². The summed E-state index contributed by atoms with van der Waals surface area (Å²) in [6.45, 7) is 8.40. The molecule has 0 aromatic heterocycles. The van der Waals surface area contributed by atoms with Gasteiger partial charge in [-0.2, -0.15) is 0 Å². The third kappa shape index (κ3) is 5.46. The maximum Gasteiger partial charge on any atom is 0.410 e. The van der Waals surface area contributed by atoms with E-state index in [1.54, 1.807) is 4.90 Å². The Kier molecular flexibility index (Phi) is 6.64. The van der Waals surface area contributed by atoms with Gasteiger partial charge in [0.1, 0.15) is 5.60 Å². The van der Waals surface area contributed by atoms with E-state index in [0.717, 1.165) is 5.56 Å². The number of carbonyl (C=O) groups is 2. The van der Waals surface area contributed by atoms with Gasteiger partial charge in [-0.1, -0.05) is 30.3 Å². The SMILES string of the molecule is COC(=O)[C@@H]1CN(C(=O)OC(C)(C)C)CCC1N[C@@H](C)c1ccccc1. The van der Waals surface area contributed by atoms with E-state index < -0.39 is 11.5 Å². The Hall–Kier alpha value is -2.08. The number of methoxy groups -OCH3 is 1. The lowest BCUT2D eigenvalue weighted by Gasteiger charge is -2.39. The number of hydrogen-bond acceptors (Lipinski definition) is 5. The molecule has 1 N–H and O–H groups in total. The Labute approximate surface area is 155 Å². The number of hydrogen-bond donors (Lipinski definition) is 1. The summed E-state index contributed by atoms with van der Waals surface area (Å²) >= 11 is 0. The highest BCUT2D eigenvalue weighted by molar-refractivity contribution is 5.75. The van der Waals surface area contributed by atoms with Crippen LogP contribution in [0.5, 0.6) is 0 Å². The fourth-order valence-electron chi connectivity index (χ4n) is 3.19. The Morgan fingerprint density at radius 3 is 2.46 bits per heavy atom. The zero-order chi connectivity index (χ0) is 19.3. The summed E-state index contributed by atoms with van der Waals surface area (Å²) in [6, 6.07) is 10.1. The van der Waals surface area contributed by atoms with Crippen molar-refractivity contribution in [3.8, 4) is 0 Å². The molecule has 0 radical (unpaired) electrons. The summed E-state index contributed by atoms with van der Waals surface area (Å²) < 4.78 is 10.4. The first-order chi connectivity index (χ1) is 12.2. The molecule has 1 fully saturated rings. The fraction of sp³-hybridized carbons (Fsp3) is 0.600. The highest BCUT2D eigenvalue weighted by Gasteiger charge is 2.38. The molecule has 1 unspecified atom stereocenters. The molecule has 144 valence electrons. The zero-order valence-corrected chi connectivity index (χ0v) is 16.3. The predicted octanol–water partition coefficient (Wildman–Crippen LogP) is 3.14. The van der Waals surface area contributed by atoms with Crippen LogP contribution in [0, 0.1) is 5.92 Å². The number of piperidine rings is 1. The number of likely N-dealkylation sites (tertiary alicyclic amines) is 1. The van der Waals surface area contributed by atoms with Gasteiger partial charge in [0.15, 0.2) is 0 Å². The van der Waals surface area contributed by atoms with Crippen molar-refractivity contribution in [3.05, 3.63) is 35.9 Å². The van der Waals surface area contributed by atoms with Crippen LogP contribution in [-0.2, 0) is 14.3 Å². The number of rotatable bonds is 4. The van der Waals surface area contributed by atoms with Gasteiger partial charge < -0.3 is 19.7 Å². The van der Waals surface area contributed by atoms with Crippen molar-refractivity contribution in [2.75, 3.05) is 20.2 Å². The summed E-state index contributed by atoms with van der Waals surface area (Å²) in [5, 5.41) is 3.53. The molecule has 3 atom stereocenters. The van der Waals surface area contributed by atoms with Crippen molar-refractivity contribution in [1.82, 2.24) is 10.2 Å². The van der Waals surface area contributed by atoms with Gasteiger partial charge in [-0.25, -0.2) is 4.79 Å². The number of ether oxygens (including phenoxy) is 2. The van der Waals surface area contributed by atoms with Crippen LogP contribution in [0.15, 0.2) is 30.3 Å². The topological polar surface area (TPSA) is 67.9 Å². The predicted molar refractivity (Wildman–Crippen MR) is 99.7 cm³/mol. The zero-order valence-electron chi connectivity index (χ0n) is 16.3. The third-order valence-electron chi connectivity index (χ3n) is 4.53. The molecule has 1 aromatic rings. The van der Waals surface area contributed by atoms with E-state index in [-0.39, 0.29) is 24.1 Å². The highest BCUT2D eigenvalue weighted by atomic mass is 16.6. The van der Waals surface area contributed by atoms with Crippen LogP contribution >= 0.6 is 0 Å². The molecule has 6 nitrogen and oxygen atoms in total. The van der Waals surface area contributed by atoms with Crippen LogP contribution in [0.3, 0.4) is 0 Å². The summed E-state index contributed by atoms with van der Waals surface area (Å²) in [6.07, 6.45) is 0.275. The summed E-state index contributed by atoms with van der Waals surface area (Å²) in [7, 11) is 1.38. The van der Waals surface area contributed by atoms with E-state index in [1.807, 2.05) is 39.0 Å². The average molecular weight is 362 g/mol. The van der Waals surface area contributed by atoms with E-state index in [9.17, 15) is 9.59 Å². The lowest BCUT2D eigenvalue weighted by molar-refractivity contribution is -0.148. The van der Waals surface area contributed by atoms with Gasteiger partial charge in [-0.05, 0) is 39.7 Å². The number of nitrogens with zero attached hydrogens (tertiary/aromatic N) is 1. The Morgan fingerprint density at radius 2 is 1.88 bits per heavy atom. The Bertz CT molecular complexity index is 612. The maximum atomic E-state index is 12.4. The maximum absolute atomic E-state index is 12.4. The second kappa shape index (κ2) is 8.54. The molecule has 26 heavy (non-hydrogen) atoms. The summed E-state index contributed by atoms with van der Waals surface area (Å²) in [4.78, 5) is 26.3. The minimum absolute atomic E-state index is 0.0589. The minimum Gasteiger partial charge on any atom is -0.469 e. The fourth-order valence-corrected chi connectivity index (χ4v) is 3.19. The third-order valence-corrected chi connectivity index (χ3v) is 4.53. The molecule has 0 saturated carbocycles. The molecular weight excluding hydrogens is 332 g/mol. The molecule has 1 aromatic carbocycles. The van der Waals surface area contributed by atoms with E-state index in [0.29, 0.717) is 19.5 Å². The van der Waals surface area contributed by atoms with E-state index in [4.69, 9.17) is 9.47 Å². The van der Waals surface area contributed by atoms with Gasteiger partial charge in [0.05, 0.1) is 13.0 Å². The molecule has 0 bridgehead atoms. The number of benzene rings is 1. The van der Waals surface area contributed by atoms with Gasteiger partial charge in [-0.15, -0.1) is 0 Å². The lowest BCUT2D eigenvalue weighted by Crippen LogP contribution is -2.55. The van der Waals surface area contributed by atoms with E-state index in [1.165, 1.54) is 7.11 Å². The standard InChI is InChI=1S/C20H30N2O4/c1-14(15-9-7-6-8-10-15)21-17-11-12-22(13-16(17)18(23)25-5)19(24)26-20(2,3)4/h6-10,14,16-17,21H,11-13H2,1-5H3/t14-,16+,17?/m0/s1. The molecule has 0 aliphatic carbocycles. The Balaban J connectivity index is 2.06. The van der Waals surface area contributed by atoms with E-state index in [2.05, 4.69) is 24.4 Å². The van der Waals surface area contributed by atoms with Crippen molar-refractivity contribution in [2.45, 2.75) is 51.8 Å². The van der Waals surface area contributed by atoms with Crippen molar-refractivity contribution < 1.29 is 19.1 Å². The molecule has 1 heterocycles. The minimum atomic E-state index is -0.561. The number of carbonyl (C=O) groups excluding carboxylic acids is 2. The summed E-state index contributed by atoms with van der Waals surface area (Å²) in [5.41, 5.74) is 0.597. The molecular formula is C20H30N2O4. The second-order valence-electron chi connectivity index (χ2n) is 7.75. The van der Waals surface area contributed by atoms with Gasteiger partial charge in [-0.3, -0.25) is 4.79 Å². The number of amides is 1. The van der Waals surface area contributed by atoms with Crippen LogP contribution in [0.25, 0.3) is 0 Å². The van der Waals surface area contributed by atoms with E-state index >= 15 is 0 Å². The molecule has 1 aliphatic rings. The second-order valence-corrected chi connectivity index (χ2v) is 7.75. The summed E-state index contributed by atoms with van der Waals surface area (Å²) in [5.74, 6) is -0.733. The smallest absolute Gasteiger partial charge is 0.410 e. The monoisotopic (exact) mass is 362 g/mol. The lowest BCUT2D eigenvalue weighted by atomic mass is 9.91. The largest absolute Gasteiger partial charge is 0.469 e.